The number of hydrogen-bond acceptors (Lipinski definition) is 7. The van der Waals surface area contributed by atoms with Gasteiger partial charge in [-0.3, -0.25) is 9.69 Å². The van der Waals surface area contributed by atoms with Crippen LogP contribution in [0.15, 0.2) is 0 Å². The Hall–Kier alpha value is -1.41. The van der Waals surface area contributed by atoms with Crippen LogP contribution in [0, 0.1) is 0 Å². The summed E-state index contributed by atoms with van der Waals surface area (Å²) < 4.78 is 3.91. The van der Waals surface area contributed by atoms with E-state index in [4.69, 9.17) is 11.5 Å². The predicted octanol–water partition coefficient (Wildman–Crippen LogP) is -0.518. The molecule has 8 heteroatoms. The molecule has 0 radical (unpaired) electrons. The lowest BCUT2D eigenvalue weighted by Gasteiger charge is -2.31. The summed E-state index contributed by atoms with van der Waals surface area (Å²) in [5.41, 5.74) is 10.6. The number of hydrogen-bond donors (Lipinski definition) is 3. The first-order valence-electron chi connectivity index (χ1n) is 5.50. The minimum Gasteiger partial charge on any atom is -0.369 e. The number of amides is 1. The highest BCUT2D eigenvalue weighted by Gasteiger charge is 2.20. The molecule has 0 aromatic carbocycles. The first kappa shape index (κ1) is 12.1. The molecular weight excluding hydrogens is 240 g/mol. The van der Waals surface area contributed by atoms with Crippen molar-refractivity contribution in [1.29, 1.82) is 0 Å². The van der Waals surface area contributed by atoms with Gasteiger partial charge in [0, 0.05) is 30.7 Å². The van der Waals surface area contributed by atoms with Crippen LogP contribution in [0.5, 0.6) is 0 Å². The number of carbonyl (C=O) groups excluding carboxylic acids is 1. The number of aromatic nitrogens is 2. The molecule has 1 aromatic rings. The highest BCUT2D eigenvalue weighted by atomic mass is 32.1. The number of rotatable bonds is 4. The van der Waals surface area contributed by atoms with Crippen molar-refractivity contribution in [3.05, 3.63) is 0 Å². The zero-order valence-electron chi connectivity index (χ0n) is 9.43. The van der Waals surface area contributed by atoms with Crippen LogP contribution in [0.4, 0.5) is 11.1 Å². The molecule has 2 heterocycles. The van der Waals surface area contributed by atoms with Crippen molar-refractivity contribution >= 4 is 28.5 Å². The van der Waals surface area contributed by atoms with Gasteiger partial charge in [-0.05, 0) is 12.8 Å². The molecule has 1 aliphatic rings. The van der Waals surface area contributed by atoms with Gasteiger partial charge in [-0.25, -0.2) is 0 Å². The second-order valence-electron chi connectivity index (χ2n) is 4.12. The third kappa shape index (κ3) is 3.53. The Morgan fingerprint density at radius 1 is 1.53 bits per heavy atom. The van der Waals surface area contributed by atoms with E-state index >= 15 is 0 Å². The Morgan fingerprint density at radius 2 is 2.24 bits per heavy atom. The summed E-state index contributed by atoms with van der Waals surface area (Å²) in [6.45, 7) is 2.09. The molecule has 0 bridgehead atoms. The number of primary amides is 1. The van der Waals surface area contributed by atoms with E-state index in [1.165, 1.54) is 11.5 Å². The number of carbonyl (C=O) groups is 1. The van der Waals surface area contributed by atoms with E-state index in [2.05, 4.69) is 19.6 Å². The number of nitrogen functional groups attached to an aromatic ring is 1. The van der Waals surface area contributed by atoms with Crippen LogP contribution >= 0.6 is 11.5 Å². The number of nitrogens with one attached hydrogen (secondary N) is 1. The van der Waals surface area contributed by atoms with Gasteiger partial charge in [0.1, 0.15) is 0 Å². The summed E-state index contributed by atoms with van der Waals surface area (Å²) in [5, 5.41) is 4.06. The Morgan fingerprint density at radius 3 is 2.76 bits per heavy atom. The molecular formula is C9H16N6OS. The van der Waals surface area contributed by atoms with E-state index in [0.717, 1.165) is 31.1 Å². The summed E-state index contributed by atoms with van der Waals surface area (Å²) in [5.74, 6) is 0.0389. The van der Waals surface area contributed by atoms with Crippen LogP contribution in [0.2, 0.25) is 0 Å². The Balaban J connectivity index is 1.77. The Labute approximate surface area is 103 Å². The molecule has 0 atom stereocenters. The van der Waals surface area contributed by atoms with Gasteiger partial charge in [0.2, 0.25) is 17.0 Å². The predicted molar refractivity (Wildman–Crippen MR) is 66.6 cm³/mol. The third-order valence-electron chi connectivity index (χ3n) is 2.74. The van der Waals surface area contributed by atoms with Gasteiger partial charge < -0.3 is 16.8 Å². The average molecular weight is 256 g/mol. The van der Waals surface area contributed by atoms with E-state index < -0.39 is 0 Å². The molecule has 1 aromatic heterocycles. The average Bonchev–Trinajstić information content (AvgIpc) is 2.66. The maximum atomic E-state index is 10.8. The summed E-state index contributed by atoms with van der Waals surface area (Å²) in [6, 6.07) is 0.367. The fourth-order valence-electron chi connectivity index (χ4n) is 1.92. The maximum Gasteiger partial charge on any atom is 0.233 e. The SMILES string of the molecule is NC(=O)CN1CCC(Nc2nc(N)ns2)CC1. The normalized spacial score (nSPS) is 18.1. The van der Waals surface area contributed by atoms with Crippen molar-refractivity contribution < 1.29 is 4.79 Å². The van der Waals surface area contributed by atoms with E-state index in [1.807, 2.05) is 0 Å². The summed E-state index contributed by atoms with van der Waals surface area (Å²) in [6.07, 6.45) is 1.93. The quantitative estimate of drug-likeness (QED) is 0.668. The second kappa shape index (κ2) is 5.28. The lowest BCUT2D eigenvalue weighted by molar-refractivity contribution is -0.119. The fraction of sp³-hybridized carbons (Fsp3) is 0.667. The number of nitrogens with zero attached hydrogens (tertiary/aromatic N) is 3. The largest absolute Gasteiger partial charge is 0.369 e. The lowest BCUT2D eigenvalue weighted by Crippen LogP contribution is -2.42. The minimum absolute atomic E-state index is 0.270. The third-order valence-corrected chi connectivity index (χ3v) is 3.40. The number of likely N-dealkylation sites (tertiary alicyclic amines) is 1. The first-order chi connectivity index (χ1) is 8.13. The Bertz CT molecular complexity index is 387. The van der Waals surface area contributed by atoms with Crippen molar-refractivity contribution in [2.45, 2.75) is 18.9 Å². The number of nitrogens with two attached hydrogens (primary N) is 2. The molecule has 1 amide bonds. The number of anilines is 2. The van der Waals surface area contributed by atoms with Gasteiger partial charge in [-0.1, -0.05) is 0 Å². The molecule has 17 heavy (non-hydrogen) atoms. The maximum absolute atomic E-state index is 10.8. The van der Waals surface area contributed by atoms with Gasteiger partial charge in [-0.2, -0.15) is 9.36 Å². The molecule has 0 aliphatic carbocycles. The first-order valence-corrected chi connectivity index (χ1v) is 6.27. The zero-order chi connectivity index (χ0) is 12.3. The molecule has 7 nitrogen and oxygen atoms in total. The van der Waals surface area contributed by atoms with Crippen LogP contribution in [0.1, 0.15) is 12.8 Å². The van der Waals surface area contributed by atoms with Crippen LogP contribution in [-0.2, 0) is 4.79 Å². The van der Waals surface area contributed by atoms with Crippen LogP contribution in [-0.4, -0.2) is 45.8 Å². The van der Waals surface area contributed by atoms with Crippen molar-refractivity contribution in [1.82, 2.24) is 14.3 Å². The molecule has 1 fully saturated rings. The molecule has 1 aliphatic heterocycles. The highest BCUT2D eigenvalue weighted by molar-refractivity contribution is 7.09. The monoisotopic (exact) mass is 256 g/mol. The van der Waals surface area contributed by atoms with E-state index in [0.29, 0.717) is 18.5 Å². The molecule has 0 unspecified atom stereocenters. The van der Waals surface area contributed by atoms with Gasteiger partial charge in [0.15, 0.2) is 0 Å². The van der Waals surface area contributed by atoms with Crippen molar-refractivity contribution in [2.24, 2.45) is 5.73 Å². The molecule has 2 rings (SSSR count). The number of piperidine rings is 1. The topological polar surface area (TPSA) is 110 Å². The van der Waals surface area contributed by atoms with Crippen molar-refractivity contribution in [3.63, 3.8) is 0 Å². The Kier molecular flexibility index (Phi) is 3.75. The summed E-state index contributed by atoms with van der Waals surface area (Å²) in [7, 11) is 0. The summed E-state index contributed by atoms with van der Waals surface area (Å²) in [4.78, 5) is 16.9. The van der Waals surface area contributed by atoms with Gasteiger partial charge in [0.05, 0.1) is 6.54 Å². The summed E-state index contributed by atoms with van der Waals surface area (Å²) >= 11 is 1.27. The highest BCUT2D eigenvalue weighted by Crippen LogP contribution is 2.18. The zero-order valence-corrected chi connectivity index (χ0v) is 10.2. The lowest BCUT2D eigenvalue weighted by atomic mass is 10.1. The van der Waals surface area contributed by atoms with Crippen molar-refractivity contribution in [3.8, 4) is 0 Å². The standard InChI is InChI=1S/C9H16N6OS/c10-7(16)5-15-3-1-6(2-4-15)12-9-13-8(11)14-17-9/h6H,1-5H2,(H2,10,16)(H3,11,12,13,14). The smallest absolute Gasteiger partial charge is 0.233 e. The van der Waals surface area contributed by atoms with E-state index in [-0.39, 0.29) is 5.91 Å². The molecule has 5 N–H and O–H groups in total. The van der Waals surface area contributed by atoms with Crippen molar-refractivity contribution in [2.75, 3.05) is 30.7 Å². The van der Waals surface area contributed by atoms with Gasteiger partial charge in [0.25, 0.3) is 0 Å². The second-order valence-corrected chi connectivity index (χ2v) is 4.87. The minimum atomic E-state index is -0.270. The molecule has 0 saturated carbocycles. The van der Waals surface area contributed by atoms with Gasteiger partial charge in [-0.15, -0.1) is 0 Å². The fourth-order valence-corrected chi connectivity index (χ4v) is 2.50. The van der Waals surface area contributed by atoms with Crippen LogP contribution in [0.25, 0.3) is 0 Å². The molecule has 0 spiro atoms. The van der Waals surface area contributed by atoms with Crippen LogP contribution in [0.3, 0.4) is 0 Å². The molecule has 94 valence electrons. The van der Waals surface area contributed by atoms with Gasteiger partial charge >= 0.3 is 0 Å². The van der Waals surface area contributed by atoms with Crippen LogP contribution < -0.4 is 16.8 Å². The van der Waals surface area contributed by atoms with E-state index in [1.54, 1.807) is 0 Å². The molecule has 1 saturated heterocycles. The van der Waals surface area contributed by atoms with E-state index in [9.17, 15) is 4.79 Å².